The third-order valence-electron chi connectivity index (χ3n) is 4.25. The Kier molecular flexibility index (Phi) is 4.04. The van der Waals surface area contributed by atoms with Gasteiger partial charge in [0.2, 0.25) is 0 Å². The Hall–Kier alpha value is -2.44. The summed E-state index contributed by atoms with van der Waals surface area (Å²) in [6.07, 6.45) is 5.12. The van der Waals surface area contributed by atoms with Crippen LogP contribution in [-0.2, 0) is 0 Å². The fourth-order valence-electron chi connectivity index (χ4n) is 2.63. The maximum atomic E-state index is 12.4. The van der Waals surface area contributed by atoms with Crippen LogP contribution >= 0.6 is 0 Å². The van der Waals surface area contributed by atoms with Crippen LogP contribution in [0, 0.1) is 5.92 Å². The summed E-state index contributed by atoms with van der Waals surface area (Å²) < 4.78 is 6.78. The first-order chi connectivity index (χ1) is 10.7. The van der Waals surface area contributed by atoms with Gasteiger partial charge in [-0.15, -0.1) is 5.10 Å². The van der Waals surface area contributed by atoms with E-state index in [0.717, 1.165) is 0 Å². The van der Waals surface area contributed by atoms with Crippen LogP contribution in [0.5, 0.6) is 5.75 Å². The number of rotatable bonds is 5. The number of benzene rings is 1. The topological polar surface area (TPSA) is 81.9 Å². The highest BCUT2D eigenvalue weighted by atomic mass is 16.5. The van der Waals surface area contributed by atoms with E-state index in [9.17, 15) is 4.79 Å². The van der Waals surface area contributed by atoms with Gasteiger partial charge in [-0.1, -0.05) is 6.42 Å². The summed E-state index contributed by atoms with van der Waals surface area (Å²) >= 11 is 0. The van der Waals surface area contributed by atoms with Crippen LogP contribution in [0.15, 0.2) is 24.5 Å². The van der Waals surface area contributed by atoms with E-state index in [1.54, 1.807) is 25.3 Å². The van der Waals surface area contributed by atoms with E-state index in [1.807, 2.05) is 0 Å². The summed E-state index contributed by atoms with van der Waals surface area (Å²) in [5, 5.41) is 14.1. The molecule has 0 radical (unpaired) electrons. The SMILES string of the molecule is COc1ccc(C(=O)NC(C)C2CCC2)cc1-n1cnnn1. The van der Waals surface area contributed by atoms with Crippen molar-refractivity contribution in [1.82, 2.24) is 25.5 Å². The highest BCUT2D eigenvalue weighted by molar-refractivity contribution is 5.95. The Morgan fingerprint density at radius 3 is 2.86 bits per heavy atom. The third-order valence-corrected chi connectivity index (χ3v) is 4.25. The van der Waals surface area contributed by atoms with Gasteiger partial charge in [0.1, 0.15) is 17.8 Å². The standard InChI is InChI=1S/C15H19N5O2/c1-10(11-4-3-5-11)17-15(21)12-6-7-14(22-2)13(8-12)20-9-16-18-19-20/h6-11H,3-5H2,1-2H3,(H,17,21). The van der Waals surface area contributed by atoms with Crippen LogP contribution in [0.1, 0.15) is 36.5 Å². The lowest BCUT2D eigenvalue weighted by atomic mass is 9.80. The van der Waals surface area contributed by atoms with Crippen molar-refractivity contribution in [3.05, 3.63) is 30.1 Å². The maximum Gasteiger partial charge on any atom is 0.251 e. The zero-order valence-corrected chi connectivity index (χ0v) is 12.7. The lowest BCUT2D eigenvalue weighted by Gasteiger charge is -2.31. The average Bonchev–Trinajstić information content (AvgIpc) is 2.98. The van der Waals surface area contributed by atoms with Crippen LogP contribution in [0.4, 0.5) is 0 Å². The van der Waals surface area contributed by atoms with Crippen molar-refractivity contribution >= 4 is 5.91 Å². The van der Waals surface area contributed by atoms with Gasteiger partial charge in [0.25, 0.3) is 5.91 Å². The first-order valence-electron chi connectivity index (χ1n) is 7.41. The normalized spacial score (nSPS) is 15.9. The molecule has 0 aliphatic heterocycles. The Labute approximate surface area is 128 Å². The highest BCUT2D eigenvalue weighted by Crippen LogP contribution is 2.29. The zero-order chi connectivity index (χ0) is 15.5. The Morgan fingerprint density at radius 1 is 1.45 bits per heavy atom. The molecular formula is C15H19N5O2. The van der Waals surface area contributed by atoms with Gasteiger partial charge in [-0.3, -0.25) is 4.79 Å². The van der Waals surface area contributed by atoms with E-state index in [-0.39, 0.29) is 11.9 Å². The second-order valence-electron chi connectivity index (χ2n) is 5.59. The summed E-state index contributed by atoms with van der Waals surface area (Å²) in [4.78, 5) is 12.4. The van der Waals surface area contributed by atoms with Crippen molar-refractivity contribution in [3.63, 3.8) is 0 Å². The van der Waals surface area contributed by atoms with Crippen LogP contribution in [0.2, 0.25) is 0 Å². The summed E-state index contributed by atoms with van der Waals surface area (Å²) in [7, 11) is 1.57. The average molecular weight is 301 g/mol. The van der Waals surface area contributed by atoms with Crippen molar-refractivity contribution < 1.29 is 9.53 Å². The molecule has 22 heavy (non-hydrogen) atoms. The Bertz CT molecular complexity index is 652. The Morgan fingerprint density at radius 2 is 2.27 bits per heavy atom. The first-order valence-corrected chi connectivity index (χ1v) is 7.41. The molecule has 1 aliphatic carbocycles. The molecule has 116 valence electrons. The summed E-state index contributed by atoms with van der Waals surface area (Å²) in [6, 6.07) is 5.42. The van der Waals surface area contributed by atoms with Gasteiger partial charge in [0, 0.05) is 11.6 Å². The molecule has 1 aliphatic rings. The molecular weight excluding hydrogens is 282 g/mol. The Balaban J connectivity index is 1.81. The van der Waals surface area contributed by atoms with Crippen LogP contribution < -0.4 is 10.1 Å². The molecule has 7 nitrogen and oxygen atoms in total. The summed E-state index contributed by atoms with van der Waals surface area (Å²) in [5.41, 5.74) is 1.20. The predicted octanol–water partition coefficient (Wildman–Crippen LogP) is 1.59. The number of carbonyl (C=O) groups excluding carboxylic acids is 1. The van der Waals surface area contributed by atoms with Crippen molar-refractivity contribution in [3.8, 4) is 11.4 Å². The summed E-state index contributed by atoms with van der Waals surface area (Å²) in [5.74, 6) is 1.12. The van der Waals surface area contributed by atoms with Crippen molar-refractivity contribution in [2.24, 2.45) is 5.92 Å². The molecule has 1 aromatic heterocycles. The number of carbonyl (C=O) groups is 1. The number of hydrogen-bond acceptors (Lipinski definition) is 5. The quantitative estimate of drug-likeness (QED) is 0.907. The van der Waals surface area contributed by atoms with E-state index in [4.69, 9.17) is 4.74 Å². The summed E-state index contributed by atoms with van der Waals surface area (Å²) in [6.45, 7) is 2.06. The van der Waals surface area contributed by atoms with Gasteiger partial charge in [0.15, 0.2) is 0 Å². The second-order valence-corrected chi connectivity index (χ2v) is 5.59. The molecule has 1 saturated carbocycles. The molecule has 0 spiro atoms. The fourth-order valence-corrected chi connectivity index (χ4v) is 2.63. The molecule has 1 atom stereocenters. The molecule has 1 fully saturated rings. The van der Waals surface area contributed by atoms with Gasteiger partial charge < -0.3 is 10.1 Å². The lowest BCUT2D eigenvalue weighted by Crippen LogP contribution is -2.40. The van der Waals surface area contributed by atoms with E-state index in [1.165, 1.54) is 30.3 Å². The molecule has 1 heterocycles. The minimum Gasteiger partial charge on any atom is -0.494 e. The molecule has 1 N–H and O–H groups in total. The highest BCUT2D eigenvalue weighted by Gasteiger charge is 2.25. The van der Waals surface area contributed by atoms with Crippen LogP contribution in [0.25, 0.3) is 5.69 Å². The number of ether oxygens (including phenoxy) is 1. The monoisotopic (exact) mass is 301 g/mol. The van der Waals surface area contributed by atoms with Gasteiger partial charge in [-0.25, -0.2) is 0 Å². The van der Waals surface area contributed by atoms with Crippen molar-refractivity contribution in [2.75, 3.05) is 7.11 Å². The molecule has 7 heteroatoms. The van der Waals surface area contributed by atoms with Gasteiger partial charge in [0.05, 0.1) is 7.11 Å². The number of tetrazole rings is 1. The van der Waals surface area contributed by atoms with Gasteiger partial charge >= 0.3 is 0 Å². The lowest BCUT2D eigenvalue weighted by molar-refractivity contribution is 0.0909. The second kappa shape index (κ2) is 6.13. The van der Waals surface area contributed by atoms with E-state index < -0.39 is 0 Å². The smallest absolute Gasteiger partial charge is 0.251 e. The minimum absolute atomic E-state index is 0.0867. The molecule has 1 unspecified atom stereocenters. The molecule has 0 saturated heterocycles. The number of methoxy groups -OCH3 is 1. The van der Waals surface area contributed by atoms with Crippen molar-refractivity contribution in [1.29, 1.82) is 0 Å². The van der Waals surface area contributed by atoms with Gasteiger partial charge in [-0.05, 0) is 54.3 Å². The van der Waals surface area contributed by atoms with Gasteiger partial charge in [-0.2, -0.15) is 4.68 Å². The number of nitrogens with zero attached hydrogens (tertiary/aromatic N) is 4. The van der Waals surface area contributed by atoms with E-state index in [0.29, 0.717) is 22.9 Å². The molecule has 0 bridgehead atoms. The minimum atomic E-state index is -0.0867. The zero-order valence-electron chi connectivity index (χ0n) is 12.7. The molecule has 1 aromatic carbocycles. The van der Waals surface area contributed by atoms with Crippen molar-refractivity contribution in [2.45, 2.75) is 32.2 Å². The number of amides is 1. The first kappa shape index (κ1) is 14.5. The number of nitrogens with one attached hydrogen (secondary N) is 1. The number of aromatic nitrogens is 4. The van der Waals surface area contributed by atoms with E-state index >= 15 is 0 Å². The molecule has 3 rings (SSSR count). The van der Waals surface area contributed by atoms with Crippen LogP contribution in [0.3, 0.4) is 0 Å². The largest absolute Gasteiger partial charge is 0.494 e. The maximum absolute atomic E-state index is 12.4. The fraction of sp³-hybridized carbons (Fsp3) is 0.467. The predicted molar refractivity (Wildman–Crippen MR) is 80.0 cm³/mol. The number of hydrogen-bond donors (Lipinski definition) is 1. The van der Waals surface area contributed by atoms with Crippen LogP contribution in [-0.4, -0.2) is 39.3 Å². The van der Waals surface area contributed by atoms with E-state index in [2.05, 4.69) is 27.8 Å². The third kappa shape index (κ3) is 2.79. The molecule has 1 amide bonds. The molecule has 2 aromatic rings.